The number of alkyl halides is 3. The molecule has 0 fully saturated rings. The average Bonchev–Trinajstić information content (AvgIpc) is 2.87. The van der Waals surface area contributed by atoms with Crippen LogP contribution in [0.2, 0.25) is 0 Å². The van der Waals surface area contributed by atoms with Crippen molar-refractivity contribution in [2.75, 3.05) is 14.2 Å². The van der Waals surface area contributed by atoms with Gasteiger partial charge in [-0.2, -0.15) is 13.2 Å². The quantitative estimate of drug-likeness (QED) is 0.182. The van der Waals surface area contributed by atoms with Gasteiger partial charge in [0.25, 0.3) is 0 Å². The van der Waals surface area contributed by atoms with E-state index >= 15 is 0 Å². The highest BCUT2D eigenvalue weighted by atomic mass is 19.4. The Bertz CT molecular complexity index is 1500. The third-order valence-corrected chi connectivity index (χ3v) is 5.22. The Morgan fingerprint density at radius 3 is 2.31 bits per heavy atom. The molecule has 0 radical (unpaired) electrons. The standard InChI is InChI=1S/C27H19F3O6/c1-33-20-12-9-17(14-22(20)34-2)24-25(32)19-11-10-18(15-21(19)36-26(24)27(28,29)30)35-23(31)13-8-16-6-4-3-5-7-16/h3-15H,1-2H3/b13-8+. The van der Waals surface area contributed by atoms with Gasteiger partial charge in [-0.05, 0) is 41.5 Å². The monoisotopic (exact) mass is 496 g/mol. The summed E-state index contributed by atoms with van der Waals surface area (Å²) < 4.78 is 62.5. The SMILES string of the molecule is COc1ccc(-c2c(C(F)(F)F)oc3cc(OC(=O)/C=C/c4ccccc4)ccc3c2=O)cc1OC. The van der Waals surface area contributed by atoms with Gasteiger partial charge in [-0.25, -0.2) is 4.79 Å². The zero-order valence-electron chi connectivity index (χ0n) is 19.1. The van der Waals surface area contributed by atoms with Crippen molar-refractivity contribution in [1.29, 1.82) is 0 Å². The number of carbonyl (C=O) groups is 1. The first-order chi connectivity index (χ1) is 17.2. The molecule has 0 saturated carbocycles. The number of fused-ring (bicyclic) bond motifs is 1. The number of hydrogen-bond donors (Lipinski definition) is 0. The minimum Gasteiger partial charge on any atom is -0.493 e. The van der Waals surface area contributed by atoms with Gasteiger partial charge in [0, 0.05) is 12.1 Å². The van der Waals surface area contributed by atoms with Gasteiger partial charge in [0.2, 0.25) is 11.2 Å². The van der Waals surface area contributed by atoms with Gasteiger partial charge in [-0.15, -0.1) is 0 Å². The molecule has 3 aromatic carbocycles. The van der Waals surface area contributed by atoms with Crippen molar-refractivity contribution in [1.82, 2.24) is 0 Å². The molecular weight excluding hydrogens is 477 g/mol. The van der Waals surface area contributed by atoms with Crippen molar-refractivity contribution in [3.63, 3.8) is 0 Å². The van der Waals surface area contributed by atoms with Crippen LogP contribution in [-0.2, 0) is 11.0 Å². The van der Waals surface area contributed by atoms with Crippen LogP contribution >= 0.6 is 0 Å². The third kappa shape index (κ3) is 5.10. The second-order valence-electron chi connectivity index (χ2n) is 7.53. The highest BCUT2D eigenvalue weighted by Crippen LogP contribution is 2.40. The molecule has 4 aromatic rings. The molecule has 0 spiro atoms. The van der Waals surface area contributed by atoms with Crippen LogP contribution in [0.5, 0.6) is 17.2 Å². The van der Waals surface area contributed by atoms with Gasteiger partial charge in [-0.1, -0.05) is 36.4 Å². The van der Waals surface area contributed by atoms with Gasteiger partial charge in [0.05, 0.1) is 25.2 Å². The number of halogens is 3. The maximum Gasteiger partial charge on any atom is 0.450 e. The van der Waals surface area contributed by atoms with Gasteiger partial charge in [0.15, 0.2) is 11.5 Å². The molecule has 36 heavy (non-hydrogen) atoms. The predicted octanol–water partition coefficient (Wildman–Crippen LogP) is 6.11. The molecule has 0 aliphatic heterocycles. The molecular formula is C27H19F3O6. The fraction of sp³-hybridized carbons (Fsp3) is 0.111. The minimum absolute atomic E-state index is 0.0582. The first kappa shape index (κ1) is 24.6. The van der Waals surface area contributed by atoms with E-state index in [-0.39, 0.29) is 33.8 Å². The van der Waals surface area contributed by atoms with E-state index in [1.54, 1.807) is 24.3 Å². The highest BCUT2D eigenvalue weighted by molar-refractivity contribution is 5.90. The Morgan fingerprint density at radius 1 is 0.917 bits per heavy atom. The molecule has 0 N–H and O–H groups in total. The predicted molar refractivity (Wildman–Crippen MR) is 127 cm³/mol. The normalized spacial score (nSPS) is 11.6. The van der Waals surface area contributed by atoms with Gasteiger partial charge >= 0.3 is 12.1 Å². The molecule has 1 aromatic heterocycles. The summed E-state index contributed by atoms with van der Waals surface area (Å²) in [5, 5.41) is -0.118. The molecule has 9 heteroatoms. The second-order valence-corrected chi connectivity index (χ2v) is 7.53. The Hall–Kier alpha value is -4.53. The number of benzene rings is 3. The molecule has 0 amide bonds. The fourth-order valence-electron chi connectivity index (χ4n) is 3.57. The van der Waals surface area contributed by atoms with Gasteiger partial charge < -0.3 is 18.6 Å². The maximum atomic E-state index is 14.0. The van der Waals surface area contributed by atoms with Crippen LogP contribution < -0.4 is 19.6 Å². The van der Waals surface area contributed by atoms with E-state index in [1.807, 2.05) is 6.07 Å². The smallest absolute Gasteiger partial charge is 0.450 e. The van der Waals surface area contributed by atoms with E-state index in [2.05, 4.69) is 0 Å². The van der Waals surface area contributed by atoms with Crippen LogP contribution in [0.1, 0.15) is 11.3 Å². The number of methoxy groups -OCH3 is 2. The third-order valence-electron chi connectivity index (χ3n) is 5.22. The summed E-state index contributed by atoms with van der Waals surface area (Å²) in [5.74, 6) is -1.89. The first-order valence-electron chi connectivity index (χ1n) is 10.6. The van der Waals surface area contributed by atoms with E-state index in [0.29, 0.717) is 0 Å². The molecule has 0 aliphatic rings. The summed E-state index contributed by atoms with van der Waals surface area (Å²) >= 11 is 0. The van der Waals surface area contributed by atoms with Crippen LogP contribution in [0.25, 0.3) is 28.2 Å². The van der Waals surface area contributed by atoms with E-state index < -0.39 is 28.9 Å². The molecule has 0 aliphatic carbocycles. The van der Waals surface area contributed by atoms with Crippen LogP contribution in [0.15, 0.2) is 82.0 Å². The molecule has 1 heterocycles. The van der Waals surface area contributed by atoms with Crippen molar-refractivity contribution in [3.05, 3.63) is 94.4 Å². The minimum atomic E-state index is -4.99. The van der Waals surface area contributed by atoms with Gasteiger partial charge in [0.1, 0.15) is 11.3 Å². The summed E-state index contributed by atoms with van der Waals surface area (Å²) in [6.45, 7) is 0. The number of esters is 1. The molecule has 0 unspecified atom stereocenters. The van der Waals surface area contributed by atoms with Crippen molar-refractivity contribution in [3.8, 4) is 28.4 Å². The summed E-state index contributed by atoms with van der Waals surface area (Å²) in [7, 11) is 2.71. The maximum absolute atomic E-state index is 14.0. The van der Waals surface area contributed by atoms with E-state index in [9.17, 15) is 22.8 Å². The van der Waals surface area contributed by atoms with Crippen molar-refractivity contribution < 1.29 is 36.6 Å². The zero-order valence-corrected chi connectivity index (χ0v) is 19.1. The van der Waals surface area contributed by atoms with Crippen LogP contribution in [0.4, 0.5) is 13.2 Å². The summed E-state index contributed by atoms with van der Waals surface area (Å²) in [6, 6.07) is 16.6. The Morgan fingerprint density at radius 2 is 1.64 bits per heavy atom. The fourth-order valence-corrected chi connectivity index (χ4v) is 3.57. The van der Waals surface area contributed by atoms with Crippen molar-refractivity contribution >= 4 is 23.0 Å². The largest absolute Gasteiger partial charge is 0.493 e. The Kier molecular flexibility index (Phi) is 6.82. The van der Waals surface area contributed by atoms with Crippen molar-refractivity contribution in [2.24, 2.45) is 0 Å². The average molecular weight is 496 g/mol. The lowest BCUT2D eigenvalue weighted by Gasteiger charge is -2.14. The zero-order chi connectivity index (χ0) is 25.9. The van der Waals surface area contributed by atoms with Crippen LogP contribution in [0, 0.1) is 0 Å². The Balaban J connectivity index is 1.76. The van der Waals surface area contributed by atoms with Crippen LogP contribution in [-0.4, -0.2) is 20.2 Å². The number of hydrogen-bond acceptors (Lipinski definition) is 6. The topological polar surface area (TPSA) is 75.0 Å². The van der Waals surface area contributed by atoms with Gasteiger partial charge in [-0.3, -0.25) is 4.79 Å². The molecule has 6 nitrogen and oxygen atoms in total. The van der Waals surface area contributed by atoms with E-state index in [4.69, 9.17) is 18.6 Å². The number of carbonyl (C=O) groups excluding carboxylic acids is 1. The first-order valence-corrected chi connectivity index (χ1v) is 10.6. The van der Waals surface area contributed by atoms with E-state index in [0.717, 1.165) is 11.6 Å². The Labute approximate surface area is 203 Å². The summed E-state index contributed by atoms with van der Waals surface area (Å²) in [5.41, 5.74) is -1.26. The molecule has 184 valence electrons. The molecule has 0 atom stereocenters. The summed E-state index contributed by atoms with van der Waals surface area (Å²) in [4.78, 5) is 25.4. The highest BCUT2D eigenvalue weighted by Gasteiger charge is 2.39. The number of rotatable bonds is 6. The molecule has 4 rings (SSSR count). The number of ether oxygens (including phenoxy) is 3. The molecule has 0 bridgehead atoms. The lowest BCUT2D eigenvalue weighted by molar-refractivity contribution is -0.152. The molecule has 0 saturated heterocycles. The van der Waals surface area contributed by atoms with Crippen LogP contribution in [0.3, 0.4) is 0 Å². The van der Waals surface area contributed by atoms with E-state index in [1.165, 1.54) is 56.7 Å². The lowest BCUT2D eigenvalue weighted by atomic mass is 10.0. The summed E-state index contributed by atoms with van der Waals surface area (Å²) in [6.07, 6.45) is -2.28. The second kappa shape index (κ2) is 9.99. The lowest BCUT2D eigenvalue weighted by Crippen LogP contribution is -2.16. The van der Waals surface area contributed by atoms with Crippen molar-refractivity contribution in [2.45, 2.75) is 6.18 Å².